The second-order valence-corrected chi connectivity index (χ2v) is 9.69. The predicted octanol–water partition coefficient (Wildman–Crippen LogP) is 5.85. The molecule has 0 aliphatic carbocycles. The van der Waals surface area contributed by atoms with Crippen LogP contribution in [0.25, 0.3) is 11.6 Å². The Labute approximate surface area is 196 Å². The molecule has 8 heteroatoms. The van der Waals surface area contributed by atoms with Gasteiger partial charge in [0.1, 0.15) is 0 Å². The quantitative estimate of drug-likeness (QED) is 0.314. The Balaban J connectivity index is 1.60. The first-order chi connectivity index (χ1) is 15.6. The molecule has 0 radical (unpaired) electrons. The molecule has 2 amide bonds. The zero-order chi connectivity index (χ0) is 23.9. The second kappa shape index (κ2) is 8.51. The Bertz CT molecular complexity index is 1230. The summed E-state index contributed by atoms with van der Waals surface area (Å²) in [7, 11) is 0. The Hall–Kier alpha value is -3.39. The molecule has 2 heterocycles. The molecule has 0 bridgehead atoms. The minimum absolute atomic E-state index is 0.00371. The molecule has 1 saturated heterocycles. The molecule has 4 rings (SSSR count). The molecule has 0 N–H and O–H groups in total. The van der Waals surface area contributed by atoms with Crippen LogP contribution in [-0.2, 0) is 11.3 Å². The summed E-state index contributed by atoms with van der Waals surface area (Å²) >= 11 is 0.889. The first kappa shape index (κ1) is 22.8. The van der Waals surface area contributed by atoms with E-state index < -0.39 is 10.8 Å². The Morgan fingerprint density at radius 1 is 1.15 bits per heavy atom. The SMILES string of the molecule is CCN1c2ccc(/C=C3\SC(=O)N(Cc4cccc([N+](=O)[O-])c4)C3=O)cc2C(C)=CC1(C)C. The molecule has 0 unspecified atom stereocenters. The Kier molecular flexibility index (Phi) is 5.88. The lowest BCUT2D eigenvalue weighted by Crippen LogP contribution is -2.44. The summed E-state index contributed by atoms with van der Waals surface area (Å²) in [6.07, 6.45) is 3.98. The van der Waals surface area contributed by atoms with E-state index in [2.05, 4.69) is 44.7 Å². The van der Waals surface area contributed by atoms with Crippen molar-refractivity contribution in [2.75, 3.05) is 11.4 Å². The molecule has 0 atom stereocenters. The van der Waals surface area contributed by atoms with Crippen molar-refractivity contribution >= 4 is 45.9 Å². The molecule has 1 fully saturated rings. The van der Waals surface area contributed by atoms with Gasteiger partial charge in [-0.25, -0.2) is 0 Å². The highest BCUT2D eigenvalue weighted by atomic mass is 32.2. The van der Waals surface area contributed by atoms with Crippen LogP contribution in [0.4, 0.5) is 16.2 Å². The van der Waals surface area contributed by atoms with Gasteiger partial charge in [-0.3, -0.25) is 24.6 Å². The normalized spacial score (nSPS) is 18.5. The average Bonchev–Trinajstić information content (AvgIpc) is 3.01. The smallest absolute Gasteiger partial charge is 0.293 e. The van der Waals surface area contributed by atoms with Crippen LogP contribution in [0.5, 0.6) is 0 Å². The number of non-ortho nitro benzene ring substituents is 1. The van der Waals surface area contributed by atoms with Crippen LogP contribution in [0.2, 0.25) is 0 Å². The fraction of sp³-hybridized carbons (Fsp3) is 0.280. The van der Waals surface area contributed by atoms with E-state index in [9.17, 15) is 19.7 Å². The summed E-state index contributed by atoms with van der Waals surface area (Å²) in [6.45, 7) is 9.47. The van der Waals surface area contributed by atoms with Crippen molar-refractivity contribution in [2.24, 2.45) is 0 Å². The number of benzene rings is 2. The van der Waals surface area contributed by atoms with Gasteiger partial charge in [0.15, 0.2) is 0 Å². The third-order valence-corrected chi connectivity index (χ3v) is 6.86. The van der Waals surface area contributed by atoms with E-state index in [4.69, 9.17) is 0 Å². The minimum atomic E-state index is -0.496. The number of nitro groups is 1. The van der Waals surface area contributed by atoms with Crippen molar-refractivity contribution in [3.8, 4) is 0 Å². The van der Waals surface area contributed by atoms with Gasteiger partial charge >= 0.3 is 0 Å². The summed E-state index contributed by atoms with van der Waals surface area (Å²) in [5.41, 5.74) is 4.66. The molecule has 0 saturated carbocycles. The zero-order valence-electron chi connectivity index (χ0n) is 19.0. The van der Waals surface area contributed by atoms with Gasteiger partial charge in [-0.2, -0.15) is 0 Å². The number of hydrogen-bond donors (Lipinski definition) is 0. The van der Waals surface area contributed by atoms with Crippen LogP contribution in [0.15, 0.2) is 53.4 Å². The van der Waals surface area contributed by atoms with Crippen molar-refractivity contribution in [1.29, 1.82) is 0 Å². The van der Waals surface area contributed by atoms with Gasteiger partial charge in [-0.05, 0) is 74.4 Å². The monoisotopic (exact) mass is 463 g/mol. The maximum atomic E-state index is 12.9. The van der Waals surface area contributed by atoms with E-state index in [0.29, 0.717) is 10.5 Å². The number of fused-ring (bicyclic) bond motifs is 1. The average molecular weight is 464 g/mol. The highest BCUT2D eigenvalue weighted by Gasteiger charge is 2.35. The van der Waals surface area contributed by atoms with E-state index in [-0.39, 0.29) is 23.0 Å². The first-order valence-corrected chi connectivity index (χ1v) is 11.5. The molecule has 170 valence electrons. The van der Waals surface area contributed by atoms with E-state index >= 15 is 0 Å². The number of thioether (sulfide) groups is 1. The Morgan fingerprint density at radius 3 is 2.61 bits per heavy atom. The summed E-state index contributed by atoms with van der Waals surface area (Å²) in [4.78, 5) is 39.8. The van der Waals surface area contributed by atoms with Crippen LogP contribution in [-0.4, -0.2) is 33.1 Å². The van der Waals surface area contributed by atoms with Gasteiger partial charge in [0.2, 0.25) is 0 Å². The van der Waals surface area contributed by atoms with Crippen molar-refractivity contribution in [3.05, 3.63) is 80.3 Å². The third kappa shape index (κ3) is 4.30. The minimum Gasteiger partial charge on any atom is -0.363 e. The fourth-order valence-corrected chi connectivity index (χ4v) is 5.35. The van der Waals surface area contributed by atoms with Gasteiger partial charge < -0.3 is 4.90 Å². The van der Waals surface area contributed by atoms with E-state index in [1.54, 1.807) is 18.2 Å². The van der Waals surface area contributed by atoms with E-state index in [1.807, 2.05) is 12.1 Å². The molecule has 33 heavy (non-hydrogen) atoms. The van der Waals surface area contributed by atoms with Crippen molar-refractivity contribution < 1.29 is 14.5 Å². The number of nitrogens with zero attached hydrogens (tertiary/aromatic N) is 3. The topological polar surface area (TPSA) is 83.8 Å². The lowest BCUT2D eigenvalue weighted by Gasteiger charge is -2.42. The number of nitro benzene ring substituents is 1. The fourth-order valence-electron chi connectivity index (χ4n) is 4.51. The van der Waals surface area contributed by atoms with Crippen LogP contribution < -0.4 is 4.90 Å². The molecule has 2 aromatic carbocycles. The number of rotatable bonds is 5. The van der Waals surface area contributed by atoms with Crippen LogP contribution in [0.1, 0.15) is 44.4 Å². The number of amides is 2. The molecule has 2 aliphatic rings. The number of likely N-dealkylation sites (N-methyl/N-ethyl adjacent to an activating group) is 1. The lowest BCUT2D eigenvalue weighted by molar-refractivity contribution is -0.384. The molecule has 2 aliphatic heterocycles. The number of hydrogen-bond acceptors (Lipinski definition) is 6. The van der Waals surface area contributed by atoms with Gasteiger partial charge in [0.05, 0.1) is 21.9 Å². The highest BCUT2D eigenvalue weighted by Crippen LogP contribution is 2.40. The maximum Gasteiger partial charge on any atom is 0.293 e. The third-order valence-electron chi connectivity index (χ3n) is 5.95. The Morgan fingerprint density at radius 2 is 1.91 bits per heavy atom. The van der Waals surface area contributed by atoms with E-state index in [1.165, 1.54) is 17.7 Å². The second-order valence-electron chi connectivity index (χ2n) is 8.70. The van der Waals surface area contributed by atoms with Gasteiger partial charge in [0.25, 0.3) is 16.8 Å². The summed E-state index contributed by atoms with van der Waals surface area (Å²) in [5.74, 6) is -0.391. The summed E-state index contributed by atoms with van der Waals surface area (Å²) in [5, 5.41) is 10.6. The molecular formula is C25H25N3O4S. The van der Waals surface area contributed by atoms with Crippen LogP contribution >= 0.6 is 11.8 Å². The first-order valence-electron chi connectivity index (χ1n) is 10.7. The molecular weight excluding hydrogens is 438 g/mol. The van der Waals surface area contributed by atoms with Crippen molar-refractivity contribution in [1.82, 2.24) is 4.90 Å². The van der Waals surface area contributed by atoms with Crippen LogP contribution in [0.3, 0.4) is 0 Å². The summed E-state index contributed by atoms with van der Waals surface area (Å²) in [6, 6.07) is 12.1. The number of carbonyl (C=O) groups is 2. The largest absolute Gasteiger partial charge is 0.363 e. The lowest BCUT2D eigenvalue weighted by atomic mass is 9.88. The number of allylic oxidation sites excluding steroid dienone is 1. The highest BCUT2D eigenvalue weighted by molar-refractivity contribution is 8.18. The zero-order valence-corrected chi connectivity index (χ0v) is 19.8. The van der Waals surface area contributed by atoms with Crippen molar-refractivity contribution in [2.45, 2.75) is 39.8 Å². The number of carbonyl (C=O) groups excluding carboxylic acids is 2. The number of anilines is 1. The standard InChI is InChI=1S/C25H25N3O4S/c1-5-27-21-10-9-17(12-20(21)16(2)14-25(27,3)4)13-22-23(29)26(24(30)33-22)15-18-7-6-8-19(11-18)28(31)32/h6-14H,5,15H2,1-4H3/b22-13-. The van der Waals surface area contributed by atoms with Gasteiger partial charge in [-0.1, -0.05) is 24.3 Å². The number of imide groups is 1. The molecule has 2 aromatic rings. The van der Waals surface area contributed by atoms with E-state index in [0.717, 1.165) is 40.0 Å². The molecule has 7 nitrogen and oxygen atoms in total. The molecule has 0 spiro atoms. The molecule has 0 aromatic heterocycles. The van der Waals surface area contributed by atoms with Crippen LogP contribution in [0, 0.1) is 10.1 Å². The van der Waals surface area contributed by atoms with Gasteiger partial charge in [-0.15, -0.1) is 0 Å². The maximum absolute atomic E-state index is 12.9. The predicted molar refractivity (Wildman–Crippen MR) is 132 cm³/mol. The summed E-state index contributed by atoms with van der Waals surface area (Å²) < 4.78 is 0. The van der Waals surface area contributed by atoms with Crippen molar-refractivity contribution in [3.63, 3.8) is 0 Å². The van der Waals surface area contributed by atoms with Gasteiger partial charge in [0, 0.05) is 29.9 Å².